The average molecular weight is 414 g/mol. The molecule has 2 amide bonds. The van der Waals surface area contributed by atoms with Gasteiger partial charge in [-0.25, -0.2) is 0 Å². The maximum atomic E-state index is 12.9. The predicted octanol–water partition coefficient (Wildman–Crippen LogP) is 0.579. The molecule has 0 radical (unpaired) electrons. The number of anilines is 3. The third-order valence-corrected chi connectivity index (χ3v) is 4.92. The second kappa shape index (κ2) is 7.91. The van der Waals surface area contributed by atoms with Crippen LogP contribution in [0.1, 0.15) is 17.9 Å². The van der Waals surface area contributed by atoms with Crippen molar-refractivity contribution in [2.45, 2.75) is 12.3 Å². The molecule has 1 aromatic carbocycles. The Balaban J connectivity index is 1.66. The van der Waals surface area contributed by atoms with E-state index in [2.05, 4.69) is 20.6 Å². The van der Waals surface area contributed by atoms with Gasteiger partial charge in [0.15, 0.2) is 0 Å². The number of fused-ring (bicyclic) bond motifs is 1. The van der Waals surface area contributed by atoms with E-state index in [0.29, 0.717) is 26.3 Å². The normalized spacial score (nSPS) is 18.3. The average Bonchev–Trinajstić information content (AvgIpc) is 2.73. The third kappa shape index (κ3) is 3.72. The maximum Gasteiger partial charge on any atom is 0.292 e. The van der Waals surface area contributed by atoms with Crippen molar-refractivity contribution >= 4 is 35.0 Å². The minimum atomic E-state index is -1.14. The van der Waals surface area contributed by atoms with Gasteiger partial charge in [-0.1, -0.05) is 12.1 Å². The van der Waals surface area contributed by atoms with E-state index >= 15 is 0 Å². The van der Waals surface area contributed by atoms with E-state index in [0.717, 1.165) is 0 Å². The summed E-state index contributed by atoms with van der Waals surface area (Å²) >= 11 is 0. The van der Waals surface area contributed by atoms with E-state index in [-0.39, 0.29) is 35.1 Å². The molecule has 156 valence electrons. The first-order chi connectivity index (χ1) is 14.4. The smallest absolute Gasteiger partial charge is 0.292 e. The Morgan fingerprint density at radius 3 is 2.73 bits per heavy atom. The lowest BCUT2D eigenvalue weighted by Gasteiger charge is -2.29. The number of benzene rings is 1. The Bertz CT molecular complexity index is 1080. The van der Waals surface area contributed by atoms with Crippen molar-refractivity contribution < 1.29 is 19.2 Å². The molecule has 12 nitrogen and oxygen atoms in total. The van der Waals surface area contributed by atoms with E-state index in [1.807, 2.05) is 4.90 Å². The fraction of sp³-hybridized carbons (Fsp3) is 0.333. The van der Waals surface area contributed by atoms with E-state index in [1.165, 1.54) is 24.3 Å². The highest BCUT2D eigenvalue weighted by atomic mass is 16.6. The molecular weight excluding hydrogens is 396 g/mol. The van der Waals surface area contributed by atoms with Gasteiger partial charge in [0.2, 0.25) is 17.8 Å². The number of nitro groups is 1. The third-order valence-electron chi connectivity index (χ3n) is 4.92. The van der Waals surface area contributed by atoms with E-state index in [9.17, 15) is 24.5 Å². The molecule has 1 unspecified atom stereocenters. The minimum absolute atomic E-state index is 0.0132. The van der Waals surface area contributed by atoms with Gasteiger partial charge in [-0.2, -0.15) is 4.98 Å². The summed E-state index contributed by atoms with van der Waals surface area (Å²) in [6, 6.07) is 5.63. The monoisotopic (exact) mass is 414 g/mol. The largest absolute Gasteiger partial charge is 0.378 e. The number of ether oxygens (including phenoxy) is 1. The maximum absolute atomic E-state index is 12.9. The van der Waals surface area contributed by atoms with Gasteiger partial charge >= 0.3 is 0 Å². The number of nitrogens with zero attached hydrogens (tertiary/aromatic N) is 3. The topological polar surface area (TPSA) is 160 Å². The molecule has 30 heavy (non-hydrogen) atoms. The summed E-state index contributed by atoms with van der Waals surface area (Å²) in [7, 11) is 0. The van der Waals surface area contributed by atoms with Gasteiger partial charge in [0, 0.05) is 25.6 Å². The number of rotatable bonds is 4. The van der Waals surface area contributed by atoms with Crippen LogP contribution in [0.2, 0.25) is 0 Å². The van der Waals surface area contributed by atoms with Crippen LogP contribution in [0.4, 0.5) is 23.1 Å². The van der Waals surface area contributed by atoms with Crippen molar-refractivity contribution in [3.63, 3.8) is 0 Å². The molecule has 12 heteroatoms. The first-order valence-corrected chi connectivity index (χ1v) is 9.25. The molecule has 1 saturated heterocycles. The molecule has 1 aromatic heterocycles. The number of aromatic amines is 1. The fourth-order valence-electron chi connectivity index (χ4n) is 3.47. The first-order valence-electron chi connectivity index (χ1n) is 9.25. The predicted molar refractivity (Wildman–Crippen MR) is 106 cm³/mol. The molecule has 0 aliphatic carbocycles. The summed E-state index contributed by atoms with van der Waals surface area (Å²) in [5, 5.41) is 16.2. The molecular formula is C18H18N6O6. The van der Waals surface area contributed by atoms with Gasteiger partial charge in [-0.05, 0) is 6.07 Å². The SMILES string of the molecule is O=C1CC(C(=O)Nc2ccccc2[N+](=O)[O-])c2c(nc(N3CCOCC3)[nH]c2=O)N1. The number of morpholine rings is 1. The van der Waals surface area contributed by atoms with Crippen molar-refractivity contribution in [3.8, 4) is 0 Å². The van der Waals surface area contributed by atoms with Crippen LogP contribution in [0.25, 0.3) is 0 Å². The molecule has 0 saturated carbocycles. The van der Waals surface area contributed by atoms with E-state index in [1.54, 1.807) is 0 Å². The Morgan fingerprint density at radius 1 is 1.27 bits per heavy atom. The van der Waals surface area contributed by atoms with Crippen molar-refractivity contribution in [2.24, 2.45) is 0 Å². The van der Waals surface area contributed by atoms with Crippen molar-refractivity contribution in [1.82, 2.24) is 9.97 Å². The van der Waals surface area contributed by atoms with E-state index in [4.69, 9.17) is 4.74 Å². The van der Waals surface area contributed by atoms with E-state index < -0.39 is 28.2 Å². The number of H-pyrrole nitrogens is 1. The highest BCUT2D eigenvalue weighted by Gasteiger charge is 2.36. The van der Waals surface area contributed by atoms with Crippen LogP contribution in [0.15, 0.2) is 29.1 Å². The summed E-state index contributed by atoms with van der Waals surface area (Å²) < 4.78 is 5.28. The second-order valence-corrected chi connectivity index (χ2v) is 6.82. The summed E-state index contributed by atoms with van der Waals surface area (Å²) in [5.74, 6) is -2.02. The molecule has 2 aromatic rings. The molecule has 2 aliphatic rings. The summed E-state index contributed by atoms with van der Waals surface area (Å²) in [5.41, 5.74) is -0.845. The Kier molecular flexibility index (Phi) is 5.14. The lowest BCUT2D eigenvalue weighted by atomic mass is 9.92. The number of hydrogen-bond acceptors (Lipinski definition) is 8. The number of hydrogen-bond donors (Lipinski definition) is 3. The quantitative estimate of drug-likeness (QED) is 0.484. The fourth-order valence-corrected chi connectivity index (χ4v) is 3.47. The van der Waals surface area contributed by atoms with Gasteiger partial charge in [-0.3, -0.25) is 29.5 Å². The number of para-hydroxylation sites is 2. The number of aromatic nitrogens is 2. The lowest BCUT2D eigenvalue weighted by molar-refractivity contribution is -0.383. The summed E-state index contributed by atoms with van der Waals surface area (Å²) in [4.78, 5) is 57.2. The first kappa shape index (κ1) is 19.5. The lowest BCUT2D eigenvalue weighted by Crippen LogP contribution is -2.41. The van der Waals surface area contributed by atoms with Crippen LogP contribution in [0.3, 0.4) is 0 Å². The number of carbonyl (C=O) groups is 2. The second-order valence-electron chi connectivity index (χ2n) is 6.82. The van der Waals surface area contributed by atoms with Crippen LogP contribution >= 0.6 is 0 Å². The zero-order valence-corrected chi connectivity index (χ0v) is 15.7. The molecule has 1 fully saturated rings. The summed E-state index contributed by atoms with van der Waals surface area (Å²) in [6.07, 6.45) is -0.277. The number of carbonyl (C=O) groups excluding carboxylic acids is 2. The zero-order chi connectivity index (χ0) is 21.3. The molecule has 0 bridgehead atoms. The van der Waals surface area contributed by atoms with Crippen molar-refractivity contribution in [1.29, 1.82) is 0 Å². The molecule has 3 heterocycles. The Morgan fingerprint density at radius 2 is 2.00 bits per heavy atom. The van der Waals surface area contributed by atoms with Crippen LogP contribution in [0, 0.1) is 10.1 Å². The Labute approximate surface area is 169 Å². The van der Waals surface area contributed by atoms with Gasteiger partial charge in [0.25, 0.3) is 11.2 Å². The highest BCUT2D eigenvalue weighted by Crippen LogP contribution is 2.31. The van der Waals surface area contributed by atoms with Gasteiger partial charge < -0.3 is 20.3 Å². The highest BCUT2D eigenvalue weighted by molar-refractivity contribution is 6.05. The van der Waals surface area contributed by atoms with Crippen LogP contribution < -0.4 is 21.1 Å². The number of nitrogens with one attached hydrogen (secondary N) is 3. The molecule has 1 atom stereocenters. The van der Waals surface area contributed by atoms with Crippen molar-refractivity contribution in [3.05, 3.63) is 50.3 Å². The standard InChI is InChI=1S/C18H18N6O6/c25-13-9-10(16(26)19-11-3-1-2-4-12(11)24(28)29)14-15(20-13)21-18(22-17(14)27)23-5-7-30-8-6-23/h1-4,10H,5-9H2,(H,19,26)(H2,20,21,22,25,27). The molecule has 3 N–H and O–H groups in total. The zero-order valence-electron chi connectivity index (χ0n) is 15.7. The molecule has 0 spiro atoms. The minimum Gasteiger partial charge on any atom is -0.378 e. The van der Waals surface area contributed by atoms with Gasteiger partial charge in [0.05, 0.1) is 29.6 Å². The number of nitro benzene ring substituents is 1. The Hall–Kier alpha value is -3.80. The van der Waals surface area contributed by atoms with Crippen molar-refractivity contribution in [2.75, 3.05) is 41.8 Å². The molecule has 2 aliphatic heterocycles. The van der Waals surface area contributed by atoms with Crippen LogP contribution in [0.5, 0.6) is 0 Å². The number of amides is 2. The van der Waals surface area contributed by atoms with Gasteiger partial charge in [0.1, 0.15) is 11.5 Å². The molecule has 4 rings (SSSR count). The summed E-state index contributed by atoms with van der Waals surface area (Å²) in [6.45, 7) is 2.01. The van der Waals surface area contributed by atoms with Crippen LogP contribution in [-0.2, 0) is 14.3 Å². The van der Waals surface area contributed by atoms with Gasteiger partial charge in [-0.15, -0.1) is 0 Å². The van der Waals surface area contributed by atoms with Crippen LogP contribution in [-0.4, -0.2) is 53.0 Å².